The molecule has 0 aliphatic rings. The summed E-state index contributed by atoms with van der Waals surface area (Å²) < 4.78 is 5.45. The fraction of sp³-hybridized carbons (Fsp3) is 0.143. The Bertz CT molecular complexity index is 526. The van der Waals surface area contributed by atoms with Crippen molar-refractivity contribution < 1.29 is 9.53 Å². The van der Waals surface area contributed by atoms with Crippen molar-refractivity contribution in [3.05, 3.63) is 54.4 Å². The summed E-state index contributed by atoms with van der Waals surface area (Å²) in [7, 11) is 0. The molecule has 92 valence electrons. The van der Waals surface area contributed by atoms with Gasteiger partial charge in [0.15, 0.2) is 0 Å². The highest BCUT2D eigenvalue weighted by molar-refractivity contribution is 6.04. The van der Waals surface area contributed by atoms with Gasteiger partial charge < -0.3 is 10.1 Å². The Morgan fingerprint density at radius 1 is 1.22 bits per heavy atom. The second kappa shape index (κ2) is 5.82. The molecule has 1 aromatic carbocycles. The molecule has 1 aromatic heterocycles. The van der Waals surface area contributed by atoms with Gasteiger partial charge in [-0.15, -0.1) is 0 Å². The normalized spacial score (nSPS) is 9.83. The third-order valence-corrected chi connectivity index (χ3v) is 2.38. The zero-order valence-corrected chi connectivity index (χ0v) is 10.1. The van der Waals surface area contributed by atoms with E-state index in [-0.39, 0.29) is 5.91 Å². The quantitative estimate of drug-likeness (QED) is 0.896. The van der Waals surface area contributed by atoms with E-state index in [2.05, 4.69) is 10.3 Å². The first-order valence-electron chi connectivity index (χ1n) is 5.74. The number of anilines is 1. The summed E-state index contributed by atoms with van der Waals surface area (Å²) in [5.74, 6) is 0.493. The van der Waals surface area contributed by atoms with E-state index in [4.69, 9.17) is 4.74 Å². The van der Waals surface area contributed by atoms with E-state index in [1.54, 1.807) is 24.5 Å². The minimum atomic E-state index is -0.176. The maximum Gasteiger partial charge on any atom is 0.255 e. The lowest BCUT2D eigenvalue weighted by Gasteiger charge is -2.10. The van der Waals surface area contributed by atoms with E-state index in [1.165, 1.54) is 0 Å². The van der Waals surface area contributed by atoms with Crippen LogP contribution in [0.15, 0.2) is 48.8 Å². The van der Waals surface area contributed by atoms with Crippen molar-refractivity contribution in [2.45, 2.75) is 6.92 Å². The van der Waals surface area contributed by atoms with Gasteiger partial charge in [0.2, 0.25) is 0 Å². The molecule has 0 saturated carbocycles. The first kappa shape index (κ1) is 12.1. The van der Waals surface area contributed by atoms with Crippen molar-refractivity contribution >= 4 is 11.6 Å². The fourth-order valence-corrected chi connectivity index (χ4v) is 1.55. The van der Waals surface area contributed by atoms with Crippen LogP contribution >= 0.6 is 0 Å². The summed E-state index contributed by atoms with van der Waals surface area (Å²) in [6.45, 7) is 2.46. The second-order valence-electron chi connectivity index (χ2n) is 3.62. The Hall–Kier alpha value is -2.36. The lowest BCUT2D eigenvalue weighted by atomic mass is 10.2. The molecule has 0 unspecified atom stereocenters. The second-order valence-corrected chi connectivity index (χ2v) is 3.62. The lowest BCUT2D eigenvalue weighted by molar-refractivity contribution is 0.102. The number of ether oxygens (including phenoxy) is 1. The van der Waals surface area contributed by atoms with Gasteiger partial charge in [0, 0.05) is 18.0 Å². The molecule has 4 nitrogen and oxygen atoms in total. The van der Waals surface area contributed by atoms with Crippen molar-refractivity contribution in [2.24, 2.45) is 0 Å². The molecular weight excluding hydrogens is 228 g/mol. The third kappa shape index (κ3) is 2.85. The topological polar surface area (TPSA) is 51.2 Å². The maximum absolute atomic E-state index is 12.0. The SMILES string of the molecule is CCOc1ccccc1NC(=O)c1ccncc1. The molecule has 1 heterocycles. The molecule has 0 bridgehead atoms. The smallest absolute Gasteiger partial charge is 0.255 e. The lowest BCUT2D eigenvalue weighted by Crippen LogP contribution is -2.12. The summed E-state index contributed by atoms with van der Waals surface area (Å²) in [4.78, 5) is 15.9. The molecule has 18 heavy (non-hydrogen) atoms. The van der Waals surface area contributed by atoms with Gasteiger partial charge in [-0.1, -0.05) is 12.1 Å². The van der Waals surface area contributed by atoms with Crippen LogP contribution in [0.5, 0.6) is 5.75 Å². The van der Waals surface area contributed by atoms with Gasteiger partial charge in [0.1, 0.15) is 5.75 Å². The number of hydrogen-bond donors (Lipinski definition) is 1. The highest BCUT2D eigenvalue weighted by Gasteiger charge is 2.08. The monoisotopic (exact) mass is 242 g/mol. The molecule has 0 atom stereocenters. The highest BCUT2D eigenvalue weighted by Crippen LogP contribution is 2.24. The van der Waals surface area contributed by atoms with Crippen molar-refractivity contribution in [1.29, 1.82) is 0 Å². The molecule has 1 N–H and O–H groups in total. The van der Waals surface area contributed by atoms with Crippen LogP contribution in [0.3, 0.4) is 0 Å². The van der Waals surface area contributed by atoms with E-state index in [0.717, 1.165) is 0 Å². The average Bonchev–Trinajstić information content (AvgIpc) is 2.42. The number of hydrogen-bond acceptors (Lipinski definition) is 3. The molecule has 0 aliphatic carbocycles. The van der Waals surface area contributed by atoms with E-state index in [0.29, 0.717) is 23.6 Å². The van der Waals surface area contributed by atoms with Gasteiger partial charge in [0.05, 0.1) is 12.3 Å². The minimum absolute atomic E-state index is 0.176. The molecule has 2 aromatic rings. The van der Waals surface area contributed by atoms with E-state index < -0.39 is 0 Å². The number of para-hydroxylation sites is 2. The summed E-state index contributed by atoms with van der Waals surface area (Å²) in [6, 6.07) is 10.7. The molecule has 0 radical (unpaired) electrons. The summed E-state index contributed by atoms with van der Waals surface area (Å²) in [5.41, 5.74) is 1.23. The predicted octanol–water partition coefficient (Wildman–Crippen LogP) is 2.73. The van der Waals surface area contributed by atoms with Gasteiger partial charge in [-0.05, 0) is 31.2 Å². The summed E-state index contributed by atoms with van der Waals surface area (Å²) in [5, 5.41) is 2.82. The third-order valence-electron chi connectivity index (χ3n) is 2.38. The average molecular weight is 242 g/mol. The fourth-order valence-electron chi connectivity index (χ4n) is 1.55. The number of nitrogens with one attached hydrogen (secondary N) is 1. The van der Waals surface area contributed by atoms with Crippen molar-refractivity contribution in [3.8, 4) is 5.75 Å². The van der Waals surface area contributed by atoms with Crippen LogP contribution in [0, 0.1) is 0 Å². The standard InChI is InChI=1S/C14H14N2O2/c1-2-18-13-6-4-3-5-12(13)16-14(17)11-7-9-15-10-8-11/h3-10H,2H2,1H3,(H,16,17). The van der Waals surface area contributed by atoms with Crippen LogP contribution in [0.25, 0.3) is 0 Å². The minimum Gasteiger partial charge on any atom is -0.492 e. The van der Waals surface area contributed by atoms with E-state index in [1.807, 2.05) is 31.2 Å². The zero-order chi connectivity index (χ0) is 12.8. The van der Waals surface area contributed by atoms with Crippen LogP contribution in [-0.4, -0.2) is 17.5 Å². The zero-order valence-electron chi connectivity index (χ0n) is 10.1. The van der Waals surface area contributed by atoms with Gasteiger partial charge in [-0.25, -0.2) is 0 Å². The number of amides is 1. The Balaban J connectivity index is 2.17. The van der Waals surface area contributed by atoms with Crippen molar-refractivity contribution in [2.75, 3.05) is 11.9 Å². The Morgan fingerprint density at radius 2 is 1.94 bits per heavy atom. The molecule has 2 rings (SSSR count). The van der Waals surface area contributed by atoms with Crippen molar-refractivity contribution in [3.63, 3.8) is 0 Å². The Kier molecular flexibility index (Phi) is 3.91. The van der Waals surface area contributed by atoms with Crippen LogP contribution < -0.4 is 10.1 Å². The molecule has 4 heteroatoms. The van der Waals surface area contributed by atoms with Gasteiger partial charge in [-0.2, -0.15) is 0 Å². The summed E-state index contributed by atoms with van der Waals surface area (Å²) in [6.07, 6.45) is 3.17. The largest absolute Gasteiger partial charge is 0.492 e. The number of pyridine rings is 1. The number of carbonyl (C=O) groups is 1. The molecule has 0 spiro atoms. The van der Waals surface area contributed by atoms with Crippen molar-refractivity contribution in [1.82, 2.24) is 4.98 Å². The van der Waals surface area contributed by atoms with Crippen LogP contribution in [0.4, 0.5) is 5.69 Å². The number of rotatable bonds is 4. The first-order valence-corrected chi connectivity index (χ1v) is 5.74. The van der Waals surface area contributed by atoms with Crippen LogP contribution in [0.1, 0.15) is 17.3 Å². The van der Waals surface area contributed by atoms with Gasteiger partial charge in [-0.3, -0.25) is 9.78 Å². The van der Waals surface area contributed by atoms with Crippen LogP contribution in [-0.2, 0) is 0 Å². The molecule has 0 fully saturated rings. The van der Waals surface area contributed by atoms with E-state index in [9.17, 15) is 4.79 Å². The Labute approximate surface area is 106 Å². The van der Waals surface area contributed by atoms with E-state index >= 15 is 0 Å². The number of benzene rings is 1. The maximum atomic E-state index is 12.0. The van der Waals surface area contributed by atoms with Crippen LogP contribution in [0.2, 0.25) is 0 Å². The summed E-state index contributed by atoms with van der Waals surface area (Å²) >= 11 is 0. The molecule has 0 aliphatic heterocycles. The molecule has 1 amide bonds. The van der Waals surface area contributed by atoms with Gasteiger partial charge in [0.25, 0.3) is 5.91 Å². The highest BCUT2D eigenvalue weighted by atomic mass is 16.5. The number of nitrogens with zero attached hydrogens (tertiary/aromatic N) is 1. The number of aromatic nitrogens is 1. The van der Waals surface area contributed by atoms with Gasteiger partial charge >= 0.3 is 0 Å². The number of carbonyl (C=O) groups excluding carboxylic acids is 1. The predicted molar refractivity (Wildman–Crippen MR) is 69.8 cm³/mol. The molecular formula is C14H14N2O2. The first-order chi connectivity index (χ1) is 8.81. The molecule has 0 saturated heterocycles. The Morgan fingerprint density at radius 3 is 2.67 bits per heavy atom.